The monoisotopic (exact) mass is 313 g/mol. The Morgan fingerprint density at radius 1 is 1.04 bits per heavy atom. The van der Waals surface area contributed by atoms with Crippen LogP contribution in [-0.2, 0) is 13.0 Å². The molecule has 0 radical (unpaired) electrons. The van der Waals surface area contributed by atoms with Gasteiger partial charge in [0.25, 0.3) is 0 Å². The summed E-state index contributed by atoms with van der Waals surface area (Å²) in [6.07, 6.45) is 2.17. The van der Waals surface area contributed by atoms with Crippen LogP contribution in [0.2, 0.25) is 0 Å². The molecule has 2 aromatic carbocycles. The molecule has 0 spiro atoms. The molecule has 0 saturated carbocycles. The number of rotatable bonds is 9. The van der Waals surface area contributed by atoms with Crippen molar-refractivity contribution in [3.05, 3.63) is 59.7 Å². The maximum atomic E-state index is 6.07. The fourth-order valence-electron chi connectivity index (χ4n) is 2.38. The lowest BCUT2D eigenvalue weighted by Gasteiger charge is -2.19. The van der Waals surface area contributed by atoms with E-state index < -0.39 is 0 Å². The predicted octanol–water partition coefficient (Wildman–Crippen LogP) is 4.20. The first-order valence-corrected chi connectivity index (χ1v) is 8.31. The standard InChI is InChI=1S/C20H27NO2/c1-4-16(2)23-20-18(11-8-12-19(20)22-3)15-21-14-13-17-9-6-5-7-10-17/h5-12,16,21H,4,13-15H2,1-3H3. The van der Waals surface area contributed by atoms with Crippen molar-refractivity contribution >= 4 is 0 Å². The van der Waals surface area contributed by atoms with Crippen molar-refractivity contribution in [3.8, 4) is 11.5 Å². The number of hydrogen-bond donors (Lipinski definition) is 1. The number of hydrogen-bond acceptors (Lipinski definition) is 3. The van der Waals surface area contributed by atoms with E-state index in [2.05, 4.69) is 49.5 Å². The molecule has 0 bridgehead atoms. The van der Waals surface area contributed by atoms with E-state index in [4.69, 9.17) is 9.47 Å². The summed E-state index contributed by atoms with van der Waals surface area (Å²) in [6.45, 7) is 5.91. The molecule has 0 aliphatic heterocycles. The van der Waals surface area contributed by atoms with Crippen LogP contribution in [0.15, 0.2) is 48.5 Å². The van der Waals surface area contributed by atoms with Gasteiger partial charge in [-0.15, -0.1) is 0 Å². The third kappa shape index (κ3) is 5.29. The lowest BCUT2D eigenvalue weighted by atomic mass is 10.1. The highest BCUT2D eigenvalue weighted by atomic mass is 16.5. The van der Waals surface area contributed by atoms with Gasteiger partial charge >= 0.3 is 0 Å². The van der Waals surface area contributed by atoms with Gasteiger partial charge < -0.3 is 14.8 Å². The van der Waals surface area contributed by atoms with Gasteiger partial charge in [-0.1, -0.05) is 49.4 Å². The number of nitrogens with one attached hydrogen (secondary N) is 1. The number of benzene rings is 2. The van der Waals surface area contributed by atoms with Crippen LogP contribution in [0.25, 0.3) is 0 Å². The van der Waals surface area contributed by atoms with Crippen molar-refractivity contribution in [3.63, 3.8) is 0 Å². The largest absolute Gasteiger partial charge is 0.493 e. The van der Waals surface area contributed by atoms with Crippen LogP contribution in [0.5, 0.6) is 11.5 Å². The number of methoxy groups -OCH3 is 1. The Labute approximate surface area is 139 Å². The van der Waals surface area contributed by atoms with Crippen LogP contribution in [0, 0.1) is 0 Å². The predicted molar refractivity (Wildman–Crippen MR) is 95.2 cm³/mol. The fraction of sp³-hybridized carbons (Fsp3) is 0.400. The SMILES string of the molecule is CCC(C)Oc1c(CNCCc2ccccc2)cccc1OC. The molecular formula is C20H27NO2. The molecular weight excluding hydrogens is 286 g/mol. The van der Waals surface area contributed by atoms with Gasteiger partial charge in [0.2, 0.25) is 0 Å². The van der Waals surface area contributed by atoms with Crippen molar-refractivity contribution in [2.24, 2.45) is 0 Å². The summed E-state index contributed by atoms with van der Waals surface area (Å²) < 4.78 is 11.5. The van der Waals surface area contributed by atoms with Crippen molar-refractivity contribution < 1.29 is 9.47 Å². The van der Waals surface area contributed by atoms with Crippen molar-refractivity contribution in [1.29, 1.82) is 0 Å². The zero-order chi connectivity index (χ0) is 16.5. The van der Waals surface area contributed by atoms with E-state index >= 15 is 0 Å². The molecule has 2 rings (SSSR count). The highest BCUT2D eigenvalue weighted by molar-refractivity contribution is 5.46. The van der Waals surface area contributed by atoms with Crippen molar-refractivity contribution in [2.45, 2.75) is 39.3 Å². The third-order valence-electron chi connectivity index (χ3n) is 3.92. The average Bonchev–Trinajstić information content (AvgIpc) is 2.60. The molecule has 3 heteroatoms. The molecule has 124 valence electrons. The van der Waals surface area contributed by atoms with E-state index in [1.54, 1.807) is 7.11 Å². The van der Waals surface area contributed by atoms with Crippen LogP contribution in [0.4, 0.5) is 0 Å². The lowest BCUT2D eigenvalue weighted by Crippen LogP contribution is -2.19. The first-order valence-electron chi connectivity index (χ1n) is 8.31. The van der Waals surface area contributed by atoms with Gasteiger partial charge in [0, 0.05) is 12.1 Å². The zero-order valence-corrected chi connectivity index (χ0v) is 14.3. The molecule has 0 aliphatic carbocycles. The van der Waals surface area contributed by atoms with Gasteiger partial charge in [-0.25, -0.2) is 0 Å². The van der Waals surface area contributed by atoms with Crippen LogP contribution in [0.1, 0.15) is 31.4 Å². The first-order chi connectivity index (χ1) is 11.2. The maximum Gasteiger partial charge on any atom is 0.166 e. The highest BCUT2D eigenvalue weighted by Gasteiger charge is 2.12. The van der Waals surface area contributed by atoms with Gasteiger partial charge in [0.1, 0.15) is 0 Å². The fourth-order valence-corrected chi connectivity index (χ4v) is 2.38. The van der Waals surface area contributed by atoms with Crippen LogP contribution in [0.3, 0.4) is 0 Å². The van der Waals surface area contributed by atoms with E-state index in [0.717, 1.165) is 43.0 Å². The first kappa shape index (κ1) is 17.4. The normalized spacial score (nSPS) is 12.0. The molecule has 0 aromatic heterocycles. The van der Waals surface area contributed by atoms with E-state index in [1.807, 2.05) is 18.2 Å². The highest BCUT2D eigenvalue weighted by Crippen LogP contribution is 2.32. The molecule has 1 atom stereocenters. The Morgan fingerprint density at radius 3 is 2.52 bits per heavy atom. The van der Waals surface area contributed by atoms with Crippen LogP contribution in [-0.4, -0.2) is 19.8 Å². The Balaban J connectivity index is 1.95. The van der Waals surface area contributed by atoms with E-state index in [-0.39, 0.29) is 6.10 Å². The molecule has 0 amide bonds. The molecule has 0 aliphatic rings. The van der Waals surface area contributed by atoms with Gasteiger partial charge in [0.15, 0.2) is 11.5 Å². The summed E-state index contributed by atoms with van der Waals surface area (Å²) >= 11 is 0. The smallest absolute Gasteiger partial charge is 0.166 e. The summed E-state index contributed by atoms with van der Waals surface area (Å²) in [7, 11) is 1.69. The molecule has 3 nitrogen and oxygen atoms in total. The minimum atomic E-state index is 0.175. The summed E-state index contributed by atoms with van der Waals surface area (Å²) in [5, 5.41) is 3.50. The molecule has 1 N–H and O–H groups in total. The minimum absolute atomic E-state index is 0.175. The quantitative estimate of drug-likeness (QED) is 0.704. The second-order valence-corrected chi connectivity index (χ2v) is 5.70. The second-order valence-electron chi connectivity index (χ2n) is 5.70. The minimum Gasteiger partial charge on any atom is -0.493 e. The molecule has 23 heavy (non-hydrogen) atoms. The molecule has 2 aromatic rings. The molecule has 0 fully saturated rings. The second kappa shape index (κ2) is 9.21. The Hall–Kier alpha value is -2.00. The number of para-hydroxylation sites is 1. The van der Waals surface area contributed by atoms with E-state index in [1.165, 1.54) is 5.56 Å². The Bertz CT molecular complexity index is 583. The Kier molecular flexibility index (Phi) is 6.95. The molecule has 0 heterocycles. The van der Waals surface area contributed by atoms with Crippen molar-refractivity contribution in [2.75, 3.05) is 13.7 Å². The van der Waals surface area contributed by atoms with Gasteiger partial charge in [-0.2, -0.15) is 0 Å². The summed E-state index contributed by atoms with van der Waals surface area (Å²) in [6, 6.07) is 16.6. The molecule has 0 saturated heterocycles. The summed E-state index contributed by atoms with van der Waals surface area (Å²) in [4.78, 5) is 0. The van der Waals surface area contributed by atoms with Crippen molar-refractivity contribution in [1.82, 2.24) is 5.32 Å². The van der Waals surface area contributed by atoms with E-state index in [0.29, 0.717) is 0 Å². The van der Waals surface area contributed by atoms with Gasteiger partial charge in [-0.3, -0.25) is 0 Å². The number of ether oxygens (including phenoxy) is 2. The maximum absolute atomic E-state index is 6.07. The summed E-state index contributed by atoms with van der Waals surface area (Å²) in [5.41, 5.74) is 2.49. The van der Waals surface area contributed by atoms with Crippen LogP contribution >= 0.6 is 0 Å². The Morgan fingerprint density at radius 2 is 1.83 bits per heavy atom. The summed E-state index contributed by atoms with van der Waals surface area (Å²) in [5.74, 6) is 1.66. The van der Waals surface area contributed by atoms with Gasteiger partial charge in [0.05, 0.1) is 13.2 Å². The lowest BCUT2D eigenvalue weighted by molar-refractivity contribution is 0.205. The zero-order valence-electron chi connectivity index (χ0n) is 14.3. The molecule has 1 unspecified atom stereocenters. The topological polar surface area (TPSA) is 30.5 Å². The van der Waals surface area contributed by atoms with E-state index in [9.17, 15) is 0 Å². The van der Waals surface area contributed by atoms with Crippen LogP contribution < -0.4 is 14.8 Å². The average molecular weight is 313 g/mol. The third-order valence-corrected chi connectivity index (χ3v) is 3.92. The van der Waals surface area contributed by atoms with Gasteiger partial charge in [-0.05, 0) is 37.9 Å².